The molecule has 2 fully saturated rings. The summed E-state index contributed by atoms with van der Waals surface area (Å²) in [7, 11) is 0. The van der Waals surface area contributed by atoms with Crippen molar-refractivity contribution >= 4 is 17.7 Å². The molecule has 3 aliphatic heterocycles. The number of amides is 3. The predicted octanol–water partition coefficient (Wildman–Crippen LogP) is 1.27. The highest BCUT2D eigenvalue weighted by Crippen LogP contribution is 2.29. The van der Waals surface area contributed by atoms with Gasteiger partial charge in [0.25, 0.3) is 5.91 Å². The molecule has 3 heterocycles. The van der Waals surface area contributed by atoms with Gasteiger partial charge in [-0.15, -0.1) is 0 Å². The monoisotopic (exact) mass is 398 g/mol. The summed E-state index contributed by atoms with van der Waals surface area (Å²) >= 11 is 0. The van der Waals surface area contributed by atoms with Crippen LogP contribution in [0.1, 0.15) is 54.1 Å². The molecule has 7 heteroatoms. The van der Waals surface area contributed by atoms with E-state index in [1.165, 1.54) is 18.4 Å². The molecule has 1 aromatic carbocycles. The van der Waals surface area contributed by atoms with Gasteiger partial charge in [-0.3, -0.25) is 24.6 Å². The molecule has 0 saturated carbocycles. The van der Waals surface area contributed by atoms with Gasteiger partial charge in [-0.05, 0) is 68.6 Å². The second kappa shape index (κ2) is 8.63. The molecule has 1 unspecified atom stereocenters. The maximum absolute atomic E-state index is 12.8. The number of hydrogen-bond acceptors (Lipinski definition) is 5. The minimum atomic E-state index is -0.549. The van der Waals surface area contributed by atoms with Crippen molar-refractivity contribution in [2.24, 2.45) is 5.92 Å². The minimum Gasteiger partial charge on any atom is -0.322 e. The molecule has 0 aliphatic carbocycles. The number of carbonyl (C=O) groups excluding carboxylic acids is 3. The van der Waals surface area contributed by atoms with Crippen molar-refractivity contribution in [2.45, 2.75) is 51.7 Å². The van der Waals surface area contributed by atoms with Gasteiger partial charge in [-0.2, -0.15) is 0 Å². The molecule has 0 radical (unpaired) electrons. The van der Waals surface area contributed by atoms with Crippen molar-refractivity contribution in [3.8, 4) is 0 Å². The Morgan fingerprint density at radius 1 is 1.14 bits per heavy atom. The van der Waals surface area contributed by atoms with E-state index in [2.05, 4.69) is 28.5 Å². The SMILES string of the molecule is CCNCC1CCN(Cc2ccc3c(c2)CN(C2CCC(=O)NC2=O)C3=O)CC1. The zero-order valence-corrected chi connectivity index (χ0v) is 17.1. The Kier molecular flexibility index (Phi) is 5.96. The number of imide groups is 1. The molecule has 2 N–H and O–H groups in total. The lowest BCUT2D eigenvalue weighted by atomic mass is 9.96. The smallest absolute Gasteiger partial charge is 0.255 e. The third-order valence-corrected chi connectivity index (χ3v) is 6.38. The lowest BCUT2D eigenvalue weighted by molar-refractivity contribution is -0.136. The summed E-state index contributed by atoms with van der Waals surface area (Å²) in [4.78, 5) is 40.5. The number of likely N-dealkylation sites (tertiary alicyclic amines) is 1. The summed E-state index contributed by atoms with van der Waals surface area (Å²) in [6.45, 7) is 7.84. The summed E-state index contributed by atoms with van der Waals surface area (Å²) in [5.41, 5.74) is 2.88. The van der Waals surface area contributed by atoms with Crippen LogP contribution >= 0.6 is 0 Å². The van der Waals surface area contributed by atoms with Crippen LogP contribution in [-0.4, -0.2) is 59.7 Å². The number of piperidine rings is 2. The van der Waals surface area contributed by atoms with Gasteiger partial charge < -0.3 is 10.2 Å². The van der Waals surface area contributed by atoms with E-state index >= 15 is 0 Å². The Morgan fingerprint density at radius 3 is 2.66 bits per heavy atom. The number of rotatable bonds is 6. The minimum absolute atomic E-state index is 0.106. The number of fused-ring (bicyclic) bond motifs is 1. The van der Waals surface area contributed by atoms with Crippen LogP contribution in [0.15, 0.2) is 18.2 Å². The van der Waals surface area contributed by atoms with E-state index in [1.807, 2.05) is 12.1 Å². The number of nitrogens with one attached hydrogen (secondary N) is 2. The van der Waals surface area contributed by atoms with Gasteiger partial charge in [0.15, 0.2) is 0 Å². The molecule has 7 nitrogen and oxygen atoms in total. The van der Waals surface area contributed by atoms with Crippen molar-refractivity contribution in [2.75, 3.05) is 26.2 Å². The summed E-state index contributed by atoms with van der Waals surface area (Å²) in [5.74, 6) is 0.0474. The van der Waals surface area contributed by atoms with Crippen molar-refractivity contribution < 1.29 is 14.4 Å². The molecule has 0 aromatic heterocycles. The van der Waals surface area contributed by atoms with Gasteiger partial charge in [0.05, 0.1) is 0 Å². The topological polar surface area (TPSA) is 81.8 Å². The van der Waals surface area contributed by atoms with Crippen molar-refractivity contribution in [3.63, 3.8) is 0 Å². The maximum atomic E-state index is 12.8. The van der Waals surface area contributed by atoms with Crippen molar-refractivity contribution in [3.05, 3.63) is 34.9 Å². The van der Waals surface area contributed by atoms with Gasteiger partial charge in [-0.1, -0.05) is 19.1 Å². The van der Waals surface area contributed by atoms with Gasteiger partial charge in [0.1, 0.15) is 6.04 Å². The second-order valence-corrected chi connectivity index (χ2v) is 8.42. The van der Waals surface area contributed by atoms with Gasteiger partial charge in [0.2, 0.25) is 11.8 Å². The third kappa shape index (κ3) is 4.36. The van der Waals surface area contributed by atoms with E-state index in [9.17, 15) is 14.4 Å². The fourth-order valence-corrected chi connectivity index (χ4v) is 4.68. The summed E-state index contributed by atoms with van der Waals surface area (Å²) in [6, 6.07) is 5.50. The van der Waals surface area contributed by atoms with E-state index in [4.69, 9.17) is 0 Å². The third-order valence-electron chi connectivity index (χ3n) is 6.38. The highest BCUT2D eigenvalue weighted by atomic mass is 16.2. The number of benzene rings is 1. The first-order valence-corrected chi connectivity index (χ1v) is 10.7. The zero-order valence-electron chi connectivity index (χ0n) is 17.1. The Bertz CT molecular complexity index is 801. The normalized spacial score (nSPS) is 23.4. The molecular formula is C22H30N4O3. The first-order valence-electron chi connectivity index (χ1n) is 10.7. The molecule has 4 rings (SSSR count). The Labute approximate surface area is 171 Å². The fourth-order valence-electron chi connectivity index (χ4n) is 4.68. The molecule has 2 saturated heterocycles. The lowest BCUT2D eigenvalue weighted by Gasteiger charge is -2.32. The maximum Gasteiger partial charge on any atom is 0.255 e. The molecular weight excluding hydrogens is 368 g/mol. The van der Waals surface area contributed by atoms with Crippen LogP contribution in [-0.2, 0) is 22.7 Å². The number of hydrogen-bond donors (Lipinski definition) is 2. The van der Waals surface area contributed by atoms with Crippen LogP contribution in [0.25, 0.3) is 0 Å². The zero-order chi connectivity index (χ0) is 20.4. The second-order valence-electron chi connectivity index (χ2n) is 8.42. The number of carbonyl (C=O) groups is 3. The van der Waals surface area contributed by atoms with Gasteiger partial charge >= 0.3 is 0 Å². The highest BCUT2D eigenvalue weighted by molar-refractivity contribution is 6.05. The van der Waals surface area contributed by atoms with E-state index < -0.39 is 6.04 Å². The van der Waals surface area contributed by atoms with Crippen LogP contribution in [0.4, 0.5) is 0 Å². The lowest BCUT2D eigenvalue weighted by Crippen LogP contribution is -2.52. The summed E-state index contributed by atoms with van der Waals surface area (Å²) in [5, 5.41) is 5.80. The van der Waals surface area contributed by atoms with E-state index in [-0.39, 0.29) is 24.1 Å². The Hall–Kier alpha value is -2.25. The van der Waals surface area contributed by atoms with Crippen LogP contribution in [0, 0.1) is 5.92 Å². The Balaban J connectivity index is 1.37. The number of nitrogens with zero attached hydrogens (tertiary/aromatic N) is 2. The quantitative estimate of drug-likeness (QED) is 0.706. The van der Waals surface area contributed by atoms with Gasteiger partial charge in [0, 0.05) is 25.1 Å². The average Bonchev–Trinajstić information content (AvgIpc) is 3.03. The van der Waals surface area contributed by atoms with Crippen molar-refractivity contribution in [1.82, 2.24) is 20.4 Å². The van der Waals surface area contributed by atoms with E-state index in [1.54, 1.807) is 4.90 Å². The van der Waals surface area contributed by atoms with Crippen LogP contribution in [0.2, 0.25) is 0 Å². The summed E-state index contributed by atoms with van der Waals surface area (Å²) < 4.78 is 0. The molecule has 29 heavy (non-hydrogen) atoms. The first-order chi connectivity index (χ1) is 14.0. The van der Waals surface area contributed by atoms with Crippen LogP contribution in [0.5, 0.6) is 0 Å². The molecule has 1 atom stereocenters. The standard InChI is InChI=1S/C22H30N4O3/c1-2-23-12-15-7-9-25(10-8-15)13-16-3-4-18-17(11-16)14-26(22(18)29)19-5-6-20(27)24-21(19)28/h3-4,11,15,19,23H,2,5-10,12-14H2,1H3,(H,24,27,28). The average molecular weight is 399 g/mol. The molecule has 0 bridgehead atoms. The predicted molar refractivity (Wildman–Crippen MR) is 109 cm³/mol. The van der Waals surface area contributed by atoms with Crippen molar-refractivity contribution in [1.29, 1.82) is 0 Å². The van der Waals surface area contributed by atoms with Crippen LogP contribution < -0.4 is 10.6 Å². The molecule has 3 aliphatic rings. The molecule has 0 spiro atoms. The van der Waals surface area contributed by atoms with E-state index in [0.717, 1.165) is 44.2 Å². The largest absolute Gasteiger partial charge is 0.322 e. The Morgan fingerprint density at radius 2 is 1.93 bits per heavy atom. The first kappa shape index (κ1) is 20.0. The molecule has 1 aromatic rings. The molecule has 3 amide bonds. The summed E-state index contributed by atoms with van der Waals surface area (Å²) in [6.07, 6.45) is 3.13. The molecule has 156 valence electrons. The van der Waals surface area contributed by atoms with Crippen LogP contribution in [0.3, 0.4) is 0 Å². The van der Waals surface area contributed by atoms with E-state index in [0.29, 0.717) is 18.5 Å². The fraction of sp³-hybridized carbons (Fsp3) is 0.591. The van der Waals surface area contributed by atoms with Gasteiger partial charge in [-0.25, -0.2) is 0 Å². The highest BCUT2D eigenvalue weighted by Gasteiger charge is 2.39.